The average molecular weight is 284 g/mol. The largest absolute Gasteiger partial charge is 0.367 e. The molecule has 1 aromatic heterocycles. The quantitative estimate of drug-likeness (QED) is 0.836. The van der Waals surface area contributed by atoms with Gasteiger partial charge in [0.1, 0.15) is 17.5 Å². The molecule has 1 aromatic carbocycles. The fraction of sp³-hybridized carbons (Fsp3) is 0.412. The number of nitrogens with one attached hydrogen (secondary N) is 2. The van der Waals surface area contributed by atoms with E-state index in [1.54, 1.807) is 0 Å². The van der Waals surface area contributed by atoms with E-state index in [2.05, 4.69) is 65.6 Å². The van der Waals surface area contributed by atoms with Crippen molar-refractivity contribution in [3.05, 3.63) is 47.8 Å². The molecule has 2 rings (SSSR count). The lowest BCUT2D eigenvalue weighted by molar-refractivity contribution is 0.756. The lowest BCUT2D eigenvalue weighted by Gasteiger charge is -2.17. The van der Waals surface area contributed by atoms with Gasteiger partial charge in [-0.25, -0.2) is 9.97 Å². The normalized spacial score (nSPS) is 13.5. The molecular formula is C17H24N4. The molecule has 4 nitrogen and oxygen atoms in total. The van der Waals surface area contributed by atoms with Crippen LogP contribution >= 0.6 is 0 Å². The highest BCUT2D eigenvalue weighted by Crippen LogP contribution is 2.19. The van der Waals surface area contributed by atoms with Crippen molar-refractivity contribution in [3.8, 4) is 0 Å². The van der Waals surface area contributed by atoms with Crippen LogP contribution in [0.2, 0.25) is 0 Å². The summed E-state index contributed by atoms with van der Waals surface area (Å²) < 4.78 is 0. The summed E-state index contributed by atoms with van der Waals surface area (Å²) in [5.74, 6) is 2.50. The predicted molar refractivity (Wildman–Crippen MR) is 88.6 cm³/mol. The highest BCUT2D eigenvalue weighted by atomic mass is 15.1. The SMILES string of the molecule is CCC(C)Nc1cc(NC(C)c2ccccc2)nc(C)n1. The van der Waals surface area contributed by atoms with Crippen molar-refractivity contribution in [2.24, 2.45) is 0 Å². The van der Waals surface area contributed by atoms with Gasteiger partial charge in [0.2, 0.25) is 0 Å². The van der Waals surface area contributed by atoms with Gasteiger partial charge in [0, 0.05) is 18.2 Å². The molecule has 0 fully saturated rings. The van der Waals surface area contributed by atoms with E-state index in [0.29, 0.717) is 6.04 Å². The molecule has 0 bridgehead atoms. The van der Waals surface area contributed by atoms with E-state index < -0.39 is 0 Å². The number of rotatable bonds is 6. The molecule has 112 valence electrons. The van der Waals surface area contributed by atoms with Crippen LogP contribution in [0.4, 0.5) is 11.6 Å². The topological polar surface area (TPSA) is 49.8 Å². The minimum absolute atomic E-state index is 0.206. The van der Waals surface area contributed by atoms with Crippen molar-refractivity contribution < 1.29 is 0 Å². The first kappa shape index (κ1) is 15.3. The Labute approximate surface area is 127 Å². The van der Waals surface area contributed by atoms with Gasteiger partial charge in [0.05, 0.1) is 0 Å². The monoisotopic (exact) mass is 284 g/mol. The predicted octanol–water partition coefficient (Wildman–Crippen LogP) is 4.17. The highest BCUT2D eigenvalue weighted by Gasteiger charge is 2.08. The summed E-state index contributed by atoms with van der Waals surface area (Å²) in [6.07, 6.45) is 1.06. The van der Waals surface area contributed by atoms with Crippen LogP contribution in [0.25, 0.3) is 0 Å². The maximum Gasteiger partial charge on any atom is 0.132 e. The third-order valence-corrected chi connectivity index (χ3v) is 3.51. The van der Waals surface area contributed by atoms with E-state index in [0.717, 1.165) is 23.9 Å². The Morgan fingerprint density at radius 1 is 1.00 bits per heavy atom. The van der Waals surface area contributed by atoms with Crippen molar-refractivity contribution in [2.45, 2.75) is 46.2 Å². The summed E-state index contributed by atoms with van der Waals surface area (Å²) in [7, 11) is 0. The maximum absolute atomic E-state index is 4.47. The van der Waals surface area contributed by atoms with Crippen molar-refractivity contribution >= 4 is 11.6 Å². The summed E-state index contributed by atoms with van der Waals surface area (Å²) in [6.45, 7) is 8.36. The molecule has 0 aliphatic rings. The lowest BCUT2D eigenvalue weighted by Crippen LogP contribution is -2.16. The zero-order valence-corrected chi connectivity index (χ0v) is 13.2. The molecule has 0 radical (unpaired) electrons. The second-order valence-corrected chi connectivity index (χ2v) is 5.42. The summed E-state index contributed by atoms with van der Waals surface area (Å²) in [4.78, 5) is 8.91. The molecule has 0 saturated carbocycles. The molecule has 2 aromatic rings. The number of aryl methyl sites for hydroxylation is 1. The molecule has 0 amide bonds. The molecule has 21 heavy (non-hydrogen) atoms. The minimum atomic E-state index is 0.206. The number of benzene rings is 1. The van der Waals surface area contributed by atoms with Crippen molar-refractivity contribution in [3.63, 3.8) is 0 Å². The van der Waals surface area contributed by atoms with Gasteiger partial charge in [-0.05, 0) is 32.8 Å². The van der Waals surface area contributed by atoms with Gasteiger partial charge in [-0.15, -0.1) is 0 Å². The van der Waals surface area contributed by atoms with E-state index >= 15 is 0 Å². The smallest absolute Gasteiger partial charge is 0.132 e. The highest BCUT2D eigenvalue weighted by molar-refractivity contribution is 5.49. The minimum Gasteiger partial charge on any atom is -0.367 e. The Morgan fingerprint density at radius 2 is 1.62 bits per heavy atom. The van der Waals surface area contributed by atoms with Gasteiger partial charge in [-0.3, -0.25) is 0 Å². The Balaban J connectivity index is 2.12. The van der Waals surface area contributed by atoms with Crippen LogP contribution in [-0.4, -0.2) is 16.0 Å². The Bertz CT molecular complexity index is 568. The van der Waals surface area contributed by atoms with Crippen molar-refractivity contribution in [2.75, 3.05) is 10.6 Å². The third-order valence-electron chi connectivity index (χ3n) is 3.51. The van der Waals surface area contributed by atoms with Crippen LogP contribution in [0.3, 0.4) is 0 Å². The van der Waals surface area contributed by atoms with Gasteiger partial charge in [0.15, 0.2) is 0 Å². The van der Waals surface area contributed by atoms with E-state index in [1.165, 1.54) is 5.56 Å². The van der Waals surface area contributed by atoms with Crippen LogP contribution in [0.5, 0.6) is 0 Å². The van der Waals surface area contributed by atoms with Crippen LogP contribution in [0, 0.1) is 6.92 Å². The number of hydrogen-bond acceptors (Lipinski definition) is 4. The van der Waals surface area contributed by atoms with Gasteiger partial charge in [-0.2, -0.15) is 0 Å². The molecule has 2 N–H and O–H groups in total. The van der Waals surface area contributed by atoms with E-state index in [1.807, 2.05) is 19.1 Å². The fourth-order valence-corrected chi connectivity index (χ4v) is 2.12. The summed E-state index contributed by atoms with van der Waals surface area (Å²) >= 11 is 0. The van der Waals surface area contributed by atoms with E-state index in [9.17, 15) is 0 Å². The molecule has 0 spiro atoms. The molecule has 4 heteroatoms. The zero-order chi connectivity index (χ0) is 15.2. The zero-order valence-electron chi connectivity index (χ0n) is 13.2. The molecule has 2 atom stereocenters. The fourth-order valence-electron chi connectivity index (χ4n) is 2.12. The lowest BCUT2D eigenvalue weighted by atomic mass is 10.1. The number of aromatic nitrogens is 2. The van der Waals surface area contributed by atoms with E-state index in [-0.39, 0.29) is 6.04 Å². The summed E-state index contributed by atoms with van der Waals surface area (Å²) in [5, 5.41) is 6.83. The second kappa shape index (κ2) is 7.07. The van der Waals surface area contributed by atoms with Crippen LogP contribution in [0.15, 0.2) is 36.4 Å². The standard InChI is InChI=1S/C17H24N4/c1-5-12(2)18-16-11-17(21-14(4)20-16)19-13(3)15-9-7-6-8-10-15/h6-13H,5H2,1-4H3,(H2,18,19,20,21). The number of nitrogens with zero attached hydrogens (tertiary/aromatic N) is 2. The van der Waals surface area contributed by atoms with Crippen molar-refractivity contribution in [1.82, 2.24) is 9.97 Å². The molecule has 0 aliphatic carbocycles. The van der Waals surface area contributed by atoms with E-state index in [4.69, 9.17) is 0 Å². The van der Waals surface area contributed by atoms with Gasteiger partial charge in [-0.1, -0.05) is 37.3 Å². The number of anilines is 2. The van der Waals surface area contributed by atoms with Crippen LogP contribution in [-0.2, 0) is 0 Å². The van der Waals surface area contributed by atoms with Crippen LogP contribution in [0.1, 0.15) is 44.6 Å². The molecule has 0 saturated heterocycles. The molecular weight excluding hydrogens is 260 g/mol. The number of hydrogen-bond donors (Lipinski definition) is 2. The maximum atomic E-state index is 4.47. The summed E-state index contributed by atoms with van der Waals surface area (Å²) in [5.41, 5.74) is 1.24. The molecule has 2 unspecified atom stereocenters. The second-order valence-electron chi connectivity index (χ2n) is 5.42. The van der Waals surface area contributed by atoms with Gasteiger partial charge in [0.25, 0.3) is 0 Å². The Hall–Kier alpha value is -2.10. The molecule has 0 aliphatic heterocycles. The van der Waals surface area contributed by atoms with Gasteiger partial charge >= 0.3 is 0 Å². The first-order valence-corrected chi connectivity index (χ1v) is 7.52. The third kappa shape index (κ3) is 4.45. The Kier molecular flexibility index (Phi) is 5.14. The van der Waals surface area contributed by atoms with Crippen LogP contribution < -0.4 is 10.6 Å². The first-order valence-electron chi connectivity index (χ1n) is 7.52. The first-order chi connectivity index (χ1) is 10.1. The van der Waals surface area contributed by atoms with Crippen molar-refractivity contribution in [1.29, 1.82) is 0 Å². The molecule has 1 heterocycles. The van der Waals surface area contributed by atoms with Gasteiger partial charge < -0.3 is 10.6 Å². The summed E-state index contributed by atoms with van der Waals surface area (Å²) in [6, 6.07) is 12.9. The Morgan fingerprint density at radius 3 is 2.24 bits per heavy atom. The average Bonchev–Trinajstić information content (AvgIpc) is 2.47.